The summed E-state index contributed by atoms with van der Waals surface area (Å²) in [5.74, 6) is 0.263. The number of aliphatic carboxylic acids is 1. The van der Waals surface area contributed by atoms with Gasteiger partial charge in [0.1, 0.15) is 11.7 Å². The maximum absolute atomic E-state index is 13.6. The van der Waals surface area contributed by atoms with Gasteiger partial charge >= 0.3 is 5.97 Å². The SMILES string of the molecule is CC(C)C1=C[C@H]2C[C@@]3(C=O)[C@@H]4CC[C@@H](C)[C@H]4C[C@@]2(CO[C@H]2CN(c4ccccc4)C[C@@H](C)O2)[C@]13C(=O)O. The lowest BCUT2D eigenvalue weighted by atomic mass is 9.43. The van der Waals surface area contributed by atoms with Gasteiger partial charge in [0, 0.05) is 17.6 Å². The quantitative estimate of drug-likeness (QED) is 0.405. The van der Waals surface area contributed by atoms with Crippen molar-refractivity contribution in [1.82, 2.24) is 0 Å². The topological polar surface area (TPSA) is 76.1 Å². The zero-order chi connectivity index (χ0) is 26.2. The molecular weight excluding hydrogens is 466 g/mol. The van der Waals surface area contributed by atoms with Crippen LogP contribution in [0.1, 0.15) is 53.4 Å². The molecule has 1 N–H and O–H groups in total. The van der Waals surface area contributed by atoms with Crippen molar-refractivity contribution in [3.05, 3.63) is 42.0 Å². The van der Waals surface area contributed by atoms with Crippen molar-refractivity contribution in [3.63, 3.8) is 0 Å². The number of carboxylic acid groups (broad SMARTS) is 1. The molecule has 1 aromatic rings. The van der Waals surface area contributed by atoms with E-state index in [9.17, 15) is 14.7 Å². The monoisotopic (exact) mass is 507 g/mol. The fraction of sp³-hybridized carbons (Fsp3) is 0.677. The molecule has 37 heavy (non-hydrogen) atoms. The van der Waals surface area contributed by atoms with Gasteiger partial charge in [0.05, 0.1) is 24.7 Å². The van der Waals surface area contributed by atoms with Crippen LogP contribution in [0.15, 0.2) is 42.0 Å². The van der Waals surface area contributed by atoms with Crippen LogP contribution in [0.4, 0.5) is 5.69 Å². The first-order chi connectivity index (χ1) is 17.7. The van der Waals surface area contributed by atoms with Gasteiger partial charge in [-0.3, -0.25) is 4.79 Å². The molecule has 9 atom stereocenters. The molecule has 0 aromatic heterocycles. The Morgan fingerprint density at radius 1 is 1.19 bits per heavy atom. The van der Waals surface area contributed by atoms with Crippen LogP contribution in [0, 0.1) is 45.8 Å². The number of benzene rings is 1. The molecule has 4 aliphatic carbocycles. The van der Waals surface area contributed by atoms with Crippen LogP contribution in [0.2, 0.25) is 0 Å². The molecule has 4 bridgehead atoms. The summed E-state index contributed by atoms with van der Waals surface area (Å²) in [6, 6.07) is 10.3. The van der Waals surface area contributed by atoms with Crippen molar-refractivity contribution in [2.75, 3.05) is 24.6 Å². The Bertz CT molecular complexity index is 1100. The first kappa shape index (κ1) is 25.1. The van der Waals surface area contributed by atoms with Crippen LogP contribution in [0.25, 0.3) is 0 Å². The molecule has 0 radical (unpaired) electrons. The number of anilines is 1. The predicted molar refractivity (Wildman–Crippen MR) is 141 cm³/mol. The van der Waals surface area contributed by atoms with Crippen LogP contribution in [-0.4, -0.2) is 49.5 Å². The minimum Gasteiger partial charge on any atom is -0.481 e. The zero-order valence-electron chi connectivity index (χ0n) is 22.6. The van der Waals surface area contributed by atoms with Crippen LogP contribution in [0.3, 0.4) is 0 Å². The average molecular weight is 508 g/mol. The van der Waals surface area contributed by atoms with E-state index in [0.29, 0.717) is 31.4 Å². The number of ether oxygens (including phenoxy) is 2. The Hall–Kier alpha value is -2.18. The minimum atomic E-state index is -1.20. The smallest absolute Gasteiger partial charge is 0.315 e. The van der Waals surface area contributed by atoms with Gasteiger partial charge in [-0.2, -0.15) is 0 Å². The maximum atomic E-state index is 13.6. The van der Waals surface area contributed by atoms with Crippen molar-refractivity contribution < 1.29 is 24.2 Å². The fourth-order valence-corrected chi connectivity index (χ4v) is 9.73. The van der Waals surface area contributed by atoms with E-state index in [-0.39, 0.29) is 23.9 Å². The molecule has 1 aromatic carbocycles. The average Bonchev–Trinajstić information content (AvgIpc) is 3.45. The van der Waals surface area contributed by atoms with Gasteiger partial charge in [-0.05, 0) is 67.9 Å². The number of aldehydes is 1. The number of carbonyl (C=O) groups is 2. The third-order valence-electron chi connectivity index (χ3n) is 11.0. The van der Waals surface area contributed by atoms with E-state index in [1.165, 1.54) is 0 Å². The summed E-state index contributed by atoms with van der Waals surface area (Å²) >= 11 is 0. The number of carbonyl (C=O) groups excluding carboxylic acids is 1. The molecule has 1 aliphatic heterocycles. The summed E-state index contributed by atoms with van der Waals surface area (Å²) in [4.78, 5) is 29.1. The number of hydrogen-bond acceptors (Lipinski definition) is 5. The van der Waals surface area contributed by atoms with Gasteiger partial charge in [-0.15, -0.1) is 0 Å². The van der Waals surface area contributed by atoms with Gasteiger partial charge in [0.25, 0.3) is 0 Å². The molecule has 1 saturated heterocycles. The normalized spacial score (nSPS) is 44.1. The zero-order valence-corrected chi connectivity index (χ0v) is 22.6. The first-order valence-corrected chi connectivity index (χ1v) is 14.2. The number of morpholine rings is 1. The first-order valence-electron chi connectivity index (χ1n) is 14.2. The van der Waals surface area contributed by atoms with E-state index in [1.807, 2.05) is 18.2 Å². The second-order valence-corrected chi connectivity index (χ2v) is 12.9. The summed E-state index contributed by atoms with van der Waals surface area (Å²) < 4.78 is 12.9. The van der Waals surface area contributed by atoms with Crippen molar-refractivity contribution in [3.8, 4) is 0 Å². The summed E-state index contributed by atoms with van der Waals surface area (Å²) in [6.45, 7) is 10.2. The van der Waals surface area contributed by atoms with E-state index in [2.05, 4.69) is 50.8 Å². The van der Waals surface area contributed by atoms with Crippen LogP contribution >= 0.6 is 0 Å². The highest BCUT2D eigenvalue weighted by Gasteiger charge is 2.84. The second kappa shape index (κ2) is 8.67. The van der Waals surface area contributed by atoms with E-state index in [1.54, 1.807) is 0 Å². The lowest BCUT2D eigenvalue weighted by Crippen LogP contribution is -2.64. The van der Waals surface area contributed by atoms with E-state index in [0.717, 1.165) is 43.4 Å². The van der Waals surface area contributed by atoms with Crippen molar-refractivity contribution in [2.45, 2.75) is 65.8 Å². The highest BCUT2D eigenvalue weighted by atomic mass is 16.7. The number of allylic oxidation sites excluding steroid dienone is 1. The Kier molecular flexibility index (Phi) is 5.89. The number of rotatable bonds is 7. The standard InChI is InChI=1S/C31H41NO5/c1-19(2)26-12-22-13-29(17-33)25-11-10-20(3)24(25)14-30(22,31(26,29)28(34)35)18-36-27-16-32(15-21(4)37-27)23-8-6-5-7-9-23/h5-9,12,17,19-22,24-25,27H,10-11,13-16,18H2,1-4H3,(H,34,35)/t20-,21-,22+,24-,25-,27-,29-,30+,31+/m1/s1. The molecule has 6 heteroatoms. The van der Waals surface area contributed by atoms with Gasteiger partial charge < -0.3 is 24.3 Å². The van der Waals surface area contributed by atoms with Crippen molar-refractivity contribution in [2.24, 2.45) is 45.8 Å². The molecule has 6 rings (SSSR count). The second-order valence-electron chi connectivity index (χ2n) is 12.9. The fourth-order valence-electron chi connectivity index (χ4n) is 9.73. The Balaban J connectivity index is 1.37. The molecule has 3 saturated carbocycles. The number of carboxylic acids is 1. The summed E-state index contributed by atoms with van der Waals surface area (Å²) in [5, 5.41) is 11.1. The van der Waals surface area contributed by atoms with Crippen LogP contribution in [-0.2, 0) is 19.1 Å². The predicted octanol–water partition coefficient (Wildman–Crippen LogP) is 5.18. The van der Waals surface area contributed by atoms with E-state index < -0.39 is 28.5 Å². The molecule has 1 heterocycles. The maximum Gasteiger partial charge on any atom is 0.315 e. The highest BCUT2D eigenvalue weighted by molar-refractivity contribution is 5.90. The van der Waals surface area contributed by atoms with Crippen LogP contribution in [0.5, 0.6) is 0 Å². The molecule has 200 valence electrons. The van der Waals surface area contributed by atoms with Crippen molar-refractivity contribution >= 4 is 17.9 Å². The summed E-state index contributed by atoms with van der Waals surface area (Å²) in [7, 11) is 0. The number of para-hydroxylation sites is 1. The molecule has 0 spiro atoms. The Morgan fingerprint density at radius 2 is 1.95 bits per heavy atom. The molecule has 0 unspecified atom stereocenters. The van der Waals surface area contributed by atoms with Gasteiger partial charge in [-0.25, -0.2) is 0 Å². The Morgan fingerprint density at radius 3 is 2.62 bits per heavy atom. The summed E-state index contributed by atoms with van der Waals surface area (Å²) in [5.41, 5.74) is -0.595. The molecular formula is C31H41NO5. The lowest BCUT2D eigenvalue weighted by Gasteiger charge is -2.58. The van der Waals surface area contributed by atoms with Gasteiger partial charge in [0.2, 0.25) is 0 Å². The Labute approximate surface area is 220 Å². The number of fused-ring (bicyclic) bond motifs is 2. The number of hydrogen-bond donors (Lipinski definition) is 1. The lowest BCUT2D eigenvalue weighted by molar-refractivity contribution is -0.218. The van der Waals surface area contributed by atoms with Gasteiger partial charge in [0.15, 0.2) is 6.29 Å². The largest absolute Gasteiger partial charge is 0.481 e. The third-order valence-corrected chi connectivity index (χ3v) is 11.0. The molecule has 0 amide bonds. The summed E-state index contributed by atoms with van der Waals surface area (Å²) in [6.07, 6.45) is 6.32. The molecule has 5 aliphatic rings. The minimum absolute atomic E-state index is 0.00537. The van der Waals surface area contributed by atoms with E-state index >= 15 is 0 Å². The van der Waals surface area contributed by atoms with E-state index in [4.69, 9.17) is 9.47 Å². The third kappa shape index (κ3) is 3.18. The van der Waals surface area contributed by atoms with Crippen LogP contribution < -0.4 is 4.90 Å². The molecule has 6 nitrogen and oxygen atoms in total. The van der Waals surface area contributed by atoms with Crippen molar-refractivity contribution in [1.29, 1.82) is 0 Å². The number of nitrogens with zero attached hydrogens (tertiary/aromatic N) is 1. The highest BCUT2D eigenvalue weighted by Crippen LogP contribution is 2.82. The molecule has 4 fully saturated rings. The van der Waals surface area contributed by atoms with Gasteiger partial charge in [-0.1, -0.05) is 57.0 Å².